The zero-order chi connectivity index (χ0) is 73.7. The van der Waals surface area contributed by atoms with Crippen molar-refractivity contribution >= 4 is 39.5 Å². The van der Waals surface area contributed by atoms with Gasteiger partial charge in [0.05, 0.1) is 26.4 Å². The fourth-order valence-corrected chi connectivity index (χ4v) is 14.1. The summed E-state index contributed by atoms with van der Waals surface area (Å²) in [7, 11) is -9.92. The van der Waals surface area contributed by atoms with E-state index in [2.05, 4.69) is 48.5 Å². The zero-order valence-electron chi connectivity index (χ0n) is 65.7. The van der Waals surface area contributed by atoms with Gasteiger partial charge in [-0.1, -0.05) is 370 Å². The molecular formula is C81H158O17P2. The molecule has 0 fully saturated rings. The molecule has 0 aliphatic rings. The number of aliphatic hydroxyl groups is 1. The molecule has 0 aliphatic heterocycles. The van der Waals surface area contributed by atoms with Gasteiger partial charge in [-0.05, 0) is 43.4 Å². The van der Waals surface area contributed by atoms with Gasteiger partial charge in [0.2, 0.25) is 0 Å². The van der Waals surface area contributed by atoms with Gasteiger partial charge in [0.15, 0.2) is 12.2 Å². The maximum atomic E-state index is 13.1. The van der Waals surface area contributed by atoms with E-state index in [-0.39, 0.29) is 25.7 Å². The van der Waals surface area contributed by atoms with Gasteiger partial charge in [0.1, 0.15) is 19.3 Å². The van der Waals surface area contributed by atoms with Crippen molar-refractivity contribution in [2.75, 3.05) is 39.6 Å². The van der Waals surface area contributed by atoms with E-state index in [4.69, 9.17) is 37.0 Å². The van der Waals surface area contributed by atoms with E-state index in [1.807, 2.05) is 0 Å². The Morgan fingerprint density at radius 1 is 0.270 bits per heavy atom. The molecular weight excluding hydrogens is 1310 g/mol. The molecule has 19 heteroatoms. The number of aliphatic hydroxyl groups excluding tert-OH is 1. The average Bonchev–Trinajstić information content (AvgIpc) is 0.926. The third kappa shape index (κ3) is 74.3. The summed E-state index contributed by atoms with van der Waals surface area (Å²) in [5, 5.41) is 10.6. The number of phosphoric acid groups is 2. The van der Waals surface area contributed by atoms with Gasteiger partial charge in [0, 0.05) is 25.7 Å². The van der Waals surface area contributed by atoms with E-state index in [1.54, 1.807) is 0 Å². The van der Waals surface area contributed by atoms with Crippen LogP contribution in [0.15, 0.2) is 0 Å². The number of carbonyl (C=O) groups is 4. The van der Waals surface area contributed by atoms with Crippen molar-refractivity contribution in [3.05, 3.63) is 0 Å². The lowest BCUT2D eigenvalue weighted by Gasteiger charge is -2.21. The Kier molecular flexibility index (Phi) is 69.9. The van der Waals surface area contributed by atoms with E-state index in [0.29, 0.717) is 31.6 Å². The Morgan fingerprint density at radius 3 is 0.680 bits per heavy atom. The Bertz CT molecular complexity index is 1940. The highest BCUT2D eigenvalue weighted by Gasteiger charge is 2.30. The average molecular weight is 1470 g/mol. The highest BCUT2D eigenvalue weighted by atomic mass is 31.2. The first-order chi connectivity index (χ1) is 48.2. The minimum absolute atomic E-state index is 0.105. The third-order valence-electron chi connectivity index (χ3n) is 18.9. The number of ether oxygens (including phenoxy) is 4. The number of carbonyl (C=O) groups excluding carboxylic acids is 4. The van der Waals surface area contributed by atoms with Crippen LogP contribution in [0.3, 0.4) is 0 Å². The highest BCUT2D eigenvalue weighted by Crippen LogP contribution is 2.45. The van der Waals surface area contributed by atoms with Crippen LogP contribution in [0.4, 0.5) is 0 Å². The first-order valence-corrected chi connectivity index (χ1v) is 44.8. The van der Waals surface area contributed by atoms with Gasteiger partial charge < -0.3 is 33.8 Å². The second-order valence-corrected chi connectivity index (χ2v) is 33.5. The third-order valence-corrected chi connectivity index (χ3v) is 20.8. The van der Waals surface area contributed by atoms with Crippen molar-refractivity contribution in [2.24, 2.45) is 17.8 Å². The van der Waals surface area contributed by atoms with Crippen molar-refractivity contribution < 1.29 is 80.2 Å². The molecule has 0 heterocycles. The first-order valence-electron chi connectivity index (χ1n) is 41.8. The quantitative estimate of drug-likeness (QED) is 0.0222. The van der Waals surface area contributed by atoms with Crippen molar-refractivity contribution in [3.63, 3.8) is 0 Å². The molecule has 0 amide bonds. The monoisotopic (exact) mass is 1470 g/mol. The summed E-state index contributed by atoms with van der Waals surface area (Å²) in [5.41, 5.74) is 0. The second-order valence-electron chi connectivity index (χ2n) is 30.6. The van der Waals surface area contributed by atoms with E-state index in [9.17, 15) is 43.2 Å². The number of rotatable bonds is 79. The highest BCUT2D eigenvalue weighted by molar-refractivity contribution is 7.47. The second kappa shape index (κ2) is 71.3. The van der Waals surface area contributed by atoms with Crippen LogP contribution in [-0.2, 0) is 65.4 Å². The molecule has 0 saturated heterocycles. The lowest BCUT2D eigenvalue weighted by atomic mass is 10.0. The fourth-order valence-electron chi connectivity index (χ4n) is 12.5. The minimum Gasteiger partial charge on any atom is -0.462 e. The summed E-state index contributed by atoms with van der Waals surface area (Å²) in [6.07, 6.45) is 59.9. The lowest BCUT2D eigenvalue weighted by molar-refractivity contribution is -0.161. The topological polar surface area (TPSA) is 237 Å². The van der Waals surface area contributed by atoms with Crippen molar-refractivity contribution in [1.29, 1.82) is 0 Å². The fraction of sp³-hybridized carbons (Fsp3) is 0.951. The van der Waals surface area contributed by atoms with E-state index in [0.717, 1.165) is 108 Å². The number of hydrogen-bond acceptors (Lipinski definition) is 15. The Balaban J connectivity index is 5.21. The van der Waals surface area contributed by atoms with Crippen LogP contribution in [0, 0.1) is 17.8 Å². The molecule has 0 spiro atoms. The predicted molar refractivity (Wildman–Crippen MR) is 409 cm³/mol. The predicted octanol–water partition coefficient (Wildman–Crippen LogP) is 24.1. The minimum atomic E-state index is -4.96. The molecule has 100 heavy (non-hydrogen) atoms. The summed E-state index contributed by atoms with van der Waals surface area (Å²) >= 11 is 0. The van der Waals surface area contributed by atoms with Crippen molar-refractivity contribution in [3.8, 4) is 0 Å². The number of esters is 4. The molecule has 17 nitrogen and oxygen atoms in total. The van der Waals surface area contributed by atoms with Crippen LogP contribution in [0.25, 0.3) is 0 Å². The van der Waals surface area contributed by atoms with Crippen molar-refractivity contribution in [2.45, 2.75) is 439 Å². The summed E-state index contributed by atoms with van der Waals surface area (Å²) in [6, 6.07) is 0. The van der Waals surface area contributed by atoms with Gasteiger partial charge in [-0.15, -0.1) is 0 Å². The zero-order valence-corrected chi connectivity index (χ0v) is 67.5. The first kappa shape index (κ1) is 98.1. The Morgan fingerprint density at radius 2 is 0.460 bits per heavy atom. The molecule has 0 aromatic carbocycles. The maximum Gasteiger partial charge on any atom is 0.472 e. The smallest absolute Gasteiger partial charge is 0.462 e. The van der Waals surface area contributed by atoms with Crippen LogP contribution in [0.5, 0.6) is 0 Å². The summed E-state index contributed by atoms with van der Waals surface area (Å²) < 4.78 is 68.7. The van der Waals surface area contributed by atoms with E-state index < -0.39 is 97.5 Å². The molecule has 5 atom stereocenters. The number of hydrogen-bond donors (Lipinski definition) is 3. The molecule has 0 aromatic heterocycles. The van der Waals surface area contributed by atoms with Crippen LogP contribution in [0.1, 0.15) is 421 Å². The van der Waals surface area contributed by atoms with Gasteiger partial charge >= 0.3 is 39.5 Å². The SMILES string of the molecule is CCCCCCCCCCCCCCCCCCCC(=O)OC[C@H](COP(=O)(O)OC[C@@H](O)COP(=O)(O)OC[C@@H](COC(=O)CCCCCCCCC(C)C)OC(=O)CCCCCCCCCCCCC(C)C)OC(=O)CCCCCCCCCCCCCCCCCCCCC(C)C. The normalized spacial score (nSPS) is 14.0. The van der Waals surface area contributed by atoms with Gasteiger partial charge in [-0.3, -0.25) is 37.3 Å². The lowest BCUT2D eigenvalue weighted by Crippen LogP contribution is -2.30. The molecule has 3 N–H and O–H groups in total. The van der Waals surface area contributed by atoms with Crippen LogP contribution in [-0.4, -0.2) is 96.7 Å². The van der Waals surface area contributed by atoms with Gasteiger partial charge in [-0.2, -0.15) is 0 Å². The molecule has 594 valence electrons. The van der Waals surface area contributed by atoms with Gasteiger partial charge in [-0.25, -0.2) is 9.13 Å². The molecule has 0 rings (SSSR count). The van der Waals surface area contributed by atoms with Crippen LogP contribution >= 0.6 is 15.6 Å². The standard InChI is InChI=1S/C81H158O17P2/c1-8-9-10-11-12-13-14-15-16-19-23-26-29-35-40-48-55-62-78(83)91-68-76(97-80(85)64-57-50-41-36-30-27-24-21-18-17-20-22-25-28-33-38-45-52-59-72(2)3)70-95-99(87,88)93-66-75(82)67-94-100(89,90)96-71-77(69-92-79(84)63-56-49-44-43-47-54-61-74(6)7)98-81(86)65-58-51-42-37-32-31-34-39-46-53-60-73(4)5/h72-77,82H,8-71H2,1-7H3,(H,87,88)(H,89,90)/t75-,76-,77-/m1/s1. The number of unbranched alkanes of at least 4 members (excludes halogenated alkanes) is 47. The molecule has 0 bridgehead atoms. The summed E-state index contributed by atoms with van der Waals surface area (Å²) in [4.78, 5) is 73.0. The molecule has 2 unspecified atom stereocenters. The summed E-state index contributed by atoms with van der Waals surface area (Å²) in [6.45, 7) is 11.9. The van der Waals surface area contributed by atoms with Gasteiger partial charge in [0.25, 0.3) is 0 Å². The van der Waals surface area contributed by atoms with E-state index in [1.165, 1.54) is 225 Å². The molecule has 0 aromatic rings. The largest absolute Gasteiger partial charge is 0.472 e. The maximum absolute atomic E-state index is 13.1. The Labute approximate surface area is 613 Å². The molecule has 0 saturated carbocycles. The van der Waals surface area contributed by atoms with Crippen LogP contribution in [0.2, 0.25) is 0 Å². The van der Waals surface area contributed by atoms with E-state index >= 15 is 0 Å². The molecule has 0 radical (unpaired) electrons. The molecule has 0 aliphatic carbocycles. The Hall–Kier alpha value is -1.94. The van der Waals surface area contributed by atoms with Crippen LogP contribution < -0.4 is 0 Å². The summed E-state index contributed by atoms with van der Waals surface area (Å²) in [5.74, 6) is 0.138. The van der Waals surface area contributed by atoms with Crippen molar-refractivity contribution in [1.82, 2.24) is 0 Å². The number of phosphoric ester groups is 2.